The highest BCUT2D eigenvalue weighted by molar-refractivity contribution is 9.10. The highest BCUT2D eigenvalue weighted by Crippen LogP contribution is 2.30. The van der Waals surface area contributed by atoms with Gasteiger partial charge in [-0.15, -0.1) is 0 Å². The Balaban J connectivity index is 2.14. The third-order valence-corrected chi connectivity index (χ3v) is 3.83. The zero-order valence-electron chi connectivity index (χ0n) is 10.9. The molecule has 100 valence electrons. The second kappa shape index (κ2) is 6.85. The lowest BCUT2D eigenvalue weighted by atomic mass is 10.1. The second-order valence-electron chi connectivity index (χ2n) is 4.43. The average molecular weight is 320 g/mol. The standard InChI is InChI=1S/C16H18BrNO/c1-12(13-7-3-2-4-8-13)19-16(11-18)14-9-5-6-10-15(14)17/h2-10,12,16H,11,18H2,1H3. The monoisotopic (exact) mass is 319 g/mol. The van der Waals surface area contributed by atoms with E-state index in [1.807, 2.05) is 42.5 Å². The second-order valence-corrected chi connectivity index (χ2v) is 5.29. The molecule has 19 heavy (non-hydrogen) atoms. The zero-order chi connectivity index (χ0) is 13.7. The number of rotatable bonds is 5. The summed E-state index contributed by atoms with van der Waals surface area (Å²) in [6, 6.07) is 18.2. The average Bonchev–Trinajstić information content (AvgIpc) is 2.46. The molecule has 0 saturated carbocycles. The Kier molecular flexibility index (Phi) is 5.14. The van der Waals surface area contributed by atoms with Crippen LogP contribution >= 0.6 is 15.9 Å². The molecular weight excluding hydrogens is 302 g/mol. The van der Waals surface area contributed by atoms with E-state index in [1.54, 1.807) is 0 Å². The molecular formula is C16H18BrNO. The molecule has 2 N–H and O–H groups in total. The lowest BCUT2D eigenvalue weighted by molar-refractivity contribution is -0.000145. The number of nitrogens with two attached hydrogens (primary N) is 1. The van der Waals surface area contributed by atoms with Crippen LogP contribution in [-0.4, -0.2) is 6.54 Å². The van der Waals surface area contributed by atoms with Gasteiger partial charge >= 0.3 is 0 Å². The maximum atomic E-state index is 6.10. The first-order chi connectivity index (χ1) is 9.22. The third kappa shape index (κ3) is 3.66. The van der Waals surface area contributed by atoms with Gasteiger partial charge in [0, 0.05) is 11.0 Å². The molecule has 0 saturated heterocycles. The number of hydrogen-bond donors (Lipinski definition) is 1. The van der Waals surface area contributed by atoms with E-state index in [-0.39, 0.29) is 12.2 Å². The van der Waals surface area contributed by atoms with E-state index in [4.69, 9.17) is 10.5 Å². The van der Waals surface area contributed by atoms with Crippen LogP contribution in [0.1, 0.15) is 30.3 Å². The lowest BCUT2D eigenvalue weighted by Gasteiger charge is -2.23. The maximum absolute atomic E-state index is 6.10. The van der Waals surface area contributed by atoms with Crippen LogP contribution in [0.15, 0.2) is 59.1 Å². The molecule has 0 aliphatic heterocycles. The van der Waals surface area contributed by atoms with Gasteiger partial charge in [0.05, 0.1) is 12.2 Å². The first kappa shape index (κ1) is 14.3. The van der Waals surface area contributed by atoms with E-state index in [1.165, 1.54) is 0 Å². The lowest BCUT2D eigenvalue weighted by Crippen LogP contribution is -2.18. The summed E-state index contributed by atoms with van der Waals surface area (Å²) in [6.07, 6.45) is -0.0902. The maximum Gasteiger partial charge on any atom is 0.0966 e. The summed E-state index contributed by atoms with van der Waals surface area (Å²) in [4.78, 5) is 0. The summed E-state index contributed by atoms with van der Waals surface area (Å²) < 4.78 is 7.13. The van der Waals surface area contributed by atoms with Crippen molar-refractivity contribution in [3.05, 3.63) is 70.2 Å². The fraction of sp³-hybridized carbons (Fsp3) is 0.250. The fourth-order valence-corrected chi connectivity index (χ4v) is 2.58. The summed E-state index contributed by atoms with van der Waals surface area (Å²) in [5.41, 5.74) is 8.10. The molecule has 2 aromatic rings. The number of halogens is 1. The molecule has 2 atom stereocenters. The van der Waals surface area contributed by atoms with Gasteiger partial charge in [0.1, 0.15) is 0 Å². The largest absolute Gasteiger partial charge is 0.365 e. The van der Waals surface area contributed by atoms with E-state index in [9.17, 15) is 0 Å². The third-order valence-electron chi connectivity index (χ3n) is 3.10. The van der Waals surface area contributed by atoms with Crippen LogP contribution in [0.2, 0.25) is 0 Å². The van der Waals surface area contributed by atoms with Gasteiger partial charge in [0.15, 0.2) is 0 Å². The smallest absolute Gasteiger partial charge is 0.0966 e. The summed E-state index contributed by atoms with van der Waals surface area (Å²) in [6.45, 7) is 2.51. The van der Waals surface area contributed by atoms with E-state index >= 15 is 0 Å². The SMILES string of the molecule is CC(OC(CN)c1ccccc1Br)c1ccccc1. The molecule has 0 bridgehead atoms. The summed E-state index contributed by atoms with van der Waals surface area (Å²) in [5.74, 6) is 0. The highest BCUT2D eigenvalue weighted by atomic mass is 79.9. The molecule has 2 unspecified atom stereocenters. The van der Waals surface area contributed by atoms with E-state index < -0.39 is 0 Å². The van der Waals surface area contributed by atoms with Crippen LogP contribution in [0, 0.1) is 0 Å². The Morgan fingerprint density at radius 2 is 1.68 bits per heavy atom. The molecule has 2 rings (SSSR count). The molecule has 0 aliphatic rings. The number of hydrogen-bond acceptors (Lipinski definition) is 2. The molecule has 0 aliphatic carbocycles. The van der Waals surface area contributed by atoms with Gasteiger partial charge in [0.25, 0.3) is 0 Å². The van der Waals surface area contributed by atoms with Gasteiger partial charge in [-0.05, 0) is 24.1 Å². The summed E-state index contributed by atoms with van der Waals surface area (Å²) in [5, 5.41) is 0. The normalized spacial score (nSPS) is 14.1. The minimum atomic E-state index is -0.106. The van der Waals surface area contributed by atoms with Crippen LogP contribution in [0.5, 0.6) is 0 Å². The topological polar surface area (TPSA) is 35.2 Å². The fourth-order valence-electron chi connectivity index (χ4n) is 2.04. The molecule has 0 fully saturated rings. The van der Waals surface area contributed by atoms with Gasteiger partial charge < -0.3 is 10.5 Å². The molecule has 2 aromatic carbocycles. The van der Waals surface area contributed by atoms with Gasteiger partial charge in [-0.3, -0.25) is 0 Å². The molecule has 2 nitrogen and oxygen atoms in total. The van der Waals surface area contributed by atoms with Crippen molar-refractivity contribution >= 4 is 15.9 Å². The summed E-state index contributed by atoms with van der Waals surface area (Å²) >= 11 is 3.55. The molecule has 0 heterocycles. The Morgan fingerprint density at radius 1 is 1.05 bits per heavy atom. The van der Waals surface area contributed by atoms with E-state index in [0.29, 0.717) is 6.54 Å². The van der Waals surface area contributed by atoms with E-state index in [2.05, 4.69) is 35.0 Å². The van der Waals surface area contributed by atoms with Crippen molar-refractivity contribution in [1.29, 1.82) is 0 Å². The van der Waals surface area contributed by atoms with Crippen molar-refractivity contribution in [2.75, 3.05) is 6.54 Å². The highest BCUT2D eigenvalue weighted by Gasteiger charge is 2.17. The molecule has 0 spiro atoms. The minimum absolute atomic E-state index is 0.0156. The molecule has 0 aromatic heterocycles. The molecule has 0 amide bonds. The first-order valence-corrected chi connectivity index (χ1v) is 7.16. The van der Waals surface area contributed by atoms with Gasteiger partial charge in [0.2, 0.25) is 0 Å². The Hall–Kier alpha value is -1.16. The van der Waals surface area contributed by atoms with E-state index in [0.717, 1.165) is 15.6 Å². The quantitative estimate of drug-likeness (QED) is 0.895. The van der Waals surface area contributed by atoms with Gasteiger partial charge in [-0.1, -0.05) is 64.5 Å². The van der Waals surface area contributed by atoms with Gasteiger partial charge in [-0.2, -0.15) is 0 Å². The summed E-state index contributed by atoms with van der Waals surface area (Å²) in [7, 11) is 0. The van der Waals surface area contributed by atoms with Crippen LogP contribution in [0.4, 0.5) is 0 Å². The van der Waals surface area contributed by atoms with Crippen LogP contribution < -0.4 is 5.73 Å². The zero-order valence-corrected chi connectivity index (χ0v) is 12.5. The van der Waals surface area contributed by atoms with Crippen molar-refractivity contribution in [1.82, 2.24) is 0 Å². The minimum Gasteiger partial charge on any atom is -0.365 e. The number of benzene rings is 2. The van der Waals surface area contributed by atoms with Crippen molar-refractivity contribution in [3.63, 3.8) is 0 Å². The Labute approximate surface area is 122 Å². The molecule has 0 radical (unpaired) electrons. The molecule has 3 heteroatoms. The van der Waals surface area contributed by atoms with Gasteiger partial charge in [-0.25, -0.2) is 0 Å². The predicted octanol–water partition coefficient (Wildman–Crippen LogP) is 4.23. The predicted molar refractivity (Wildman–Crippen MR) is 81.9 cm³/mol. The van der Waals surface area contributed by atoms with Crippen molar-refractivity contribution in [2.24, 2.45) is 5.73 Å². The number of ether oxygens (including phenoxy) is 1. The van der Waals surface area contributed by atoms with Crippen LogP contribution in [0.25, 0.3) is 0 Å². The van der Waals surface area contributed by atoms with Crippen molar-refractivity contribution < 1.29 is 4.74 Å². The van der Waals surface area contributed by atoms with Crippen molar-refractivity contribution in [2.45, 2.75) is 19.1 Å². The van der Waals surface area contributed by atoms with Crippen LogP contribution in [-0.2, 0) is 4.74 Å². The Bertz CT molecular complexity index is 515. The van der Waals surface area contributed by atoms with Crippen molar-refractivity contribution in [3.8, 4) is 0 Å². The van der Waals surface area contributed by atoms with Crippen LogP contribution in [0.3, 0.4) is 0 Å². The Morgan fingerprint density at radius 3 is 2.32 bits per heavy atom. The first-order valence-electron chi connectivity index (χ1n) is 6.37.